The average molecular weight is 231 g/mol. The molecule has 92 valence electrons. The van der Waals surface area contributed by atoms with E-state index in [1.807, 2.05) is 12.1 Å². The Morgan fingerprint density at radius 3 is 2.71 bits per heavy atom. The second kappa shape index (κ2) is 5.97. The van der Waals surface area contributed by atoms with Crippen molar-refractivity contribution in [2.24, 2.45) is 0 Å². The van der Waals surface area contributed by atoms with Gasteiger partial charge in [0.25, 0.3) is 0 Å². The minimum Gasteiger partial charge on any atom is -0.300 e. The molecule has 1 heterocycles. The van der Waals surface area contributed by atoms with E-state index in [0.29, 0.717) is 0 Å². The highest BCUT2D eigenvalue weighted by molar-refractivity contribution is 5.74. The highest BCUT2D eigenvalue weighted by Gasteiger charge is 2.17. The molecular weight excluding hydrogens is 210 g/mol. The van der Waals surface area contributed by atoms with E-state index in [1.54, 1.807) is 0 Å². The largest absolute Gasteiger partial charge is 0.300 e. The maximum Gasteiger partial charge on any atom is 0.150 e. The monoisotopic (exact) mass is 231 g/mol. The van der Waals surface area contributed by atoms with Crippen molar-refractivity contribution in [1.29, 1.82) is 0 Å². The van der Waals surface area contributed by atoms with Crippen LogP contribution in [0.4, 0.5) is 0 Å². The lowest BCUT2D eigenvalue weighted by Gasteiger charge is -2.33. The van der Waals surface area contributed by atoms with Gasteiger partial charge in [-0.1, -0.05) is 30.7 Å². The molecule has 2 nitrogen and oxygen atoms in total. The fourth-order valence-electron chi connectivity index (χ4n) is 2.53. The van der Waals surface area contributed by atoms with Crippen molar-refractivity contribution in [3.05, 3.63) is 35.4 Å². The van der Waals surface area contributed by atoms with E-state index < -0.39 is 0 Å². The standard InChI is InChI=1S/C15H21NO/c1-13-4-2-3-10-16(13)11-9-14-5-7-15(12-17)8-6-14/h5-8,12-13H,2-4,9-11H2,1H3. The van der Waals surface area contributed by atoms with Crippen LogP contribution in [0.5, 0.6) is 0 Å². The number of carbonyl (C=O) groups is 1. The molecule has 0 spiro atoms. The van der Waals surface area contributed by atoms with Crippen molar-refractivity contribution in [2.75, 3.05) is 13.1 Å². The first-order valence-corrected chi connectivity index (χ1v) is 6.58. The molecule has 0 amide bonds. The van der Waals surface area contributed by atoms with E-state index in [1.165, 1.54) is 31.4 Å². The Morgan fingerprint density at radius 1 is 1.29 bits per heavy atom. The highest BCUT2D eigenvalue weighted by atomic mass is 16.1. The van der Waals surface area contributed by atoms with Crippen LogP contribution in [-0.4, -0.2) is 30.3 Å². The number of nitrogens with zero attached hydrogens (tertiary/aromatic N) is 1. The molecule has 0 radical (unpaired) electrons. The van der Waals surface area contributed by atoms with Crippen molar-refractivity contribution in [1.82, 2.24) is 4.90 Å². The zero-order valence-corrected chi connectivity index (χ0v) is 10.6. The van der Waals surface area contributed by atoms with Gasteiger partial charge in [-0.05, 0) is 38.3 Å². The quantitative estimate of drug-likeness (QED) is 0.743. The Bertz CT molecular complexity index is 358. The Kier molecular flexibility index (Phi) is 4.32. The van der Waals surface area contributed by atoms with Gasteiger partial charge in [0.05, 0.1) is 0 Å². The molecule has 1 aliphatic rings. The van der Waals surface area contributed by atoms with Gasteiger partial charge in [-0.25, -0.2) is 0 Å². The molecule has 0 bridgehead atoms. The fraction of sp³-hybridized carbons (Fsp3) is 0.533. The highest BCUT2D eigenvalue weighted by Crippen LogP contribution is 2.16. The first-order valence-electron chi connectivity index (χ1n) is 6.58. The predicted molar refractivity (Wildman–Crippen MR) is 70.4 cm³/mol. The van der Waals surface area contributed by atoms with Crippen LogP contribution >= 0.6 is 0 Å². The van der Waals surface area contributed by atoms with E-state index in [-0.39, 0.29) is 0 Å². The molecule has 17 heavy (non-hydrogen) atoms. The number of likely N-dealkylation sites (tertiary alicyclic amines) is 1. The Labute approximate surface area is 104 Å². The van der Waals surface area contributed by atoms with Gasteiger partial charge in [0.1, 0.15) is 6.29 Å². The zero-order chi connectivity index (χ0) is 12.1. The van der Waals surface area contributed by atoms with Gasteiger partial charge in [-0.15, -0.1) is 0 Å². The molecule has 0 aliphatic carbocycles. The first kappa shape index (κ1) is 12.3. The summed E-state index contributed by atoms with van der Waals surface area (Å²) in [5.74, 6) is 0. The average Bonchev–Trinajstić information content (AvgIpc) is 2.38. The number of rotatable bonds is 4. The minimum absolute atomic E-state index is 0.734. The van der Waals surface area contributed by atoms with Crippen LogP contribution in [0.25, 0.3) is 0 Å². The summed E-state index contributed by atoms with van der Waals surface area (Å²) in [5.41, 5.74) is 2.09. The van der Waals surface area contributed by atoms with E-state index in [2.05, 4.69) is 24.0 Å². The number of piperidine rings is 1. The third-order valence-electron chi connectivity index (χ3n) is 3.74. The van der Waals surface area contributed by atoms with Crippen molar-refractivity contribution in [3.8, 4) is 0 Å². The van der Waals surface area contributed by atoms with Gasteiger partial charge in [-0.2, -0.15) is 0 Å². The molecule has 1 aromatic carbocycles. The molecular formula is C15H21NO. The van der Waals surface area contributed by atoms with Gasteiger partial charge < -0.3 is 4.90 Å². The molecule has 0 N–H and O–H groups in total. The van der Waals surface area contributed by atoms with Crippen molar-refractivity contribution < 1.29 is 4.79 Å². The zero-order valence-electron chi connectivity index (χ0n) is 10.6. The van der Waals surface area contributed by atoms with Crippen LogP contribution in [0.1, 0.15) is 42.1 Å². The summed E-state index contributed by atoms with van der Waals surface area (Å²) >= 11 is 0. The summed E-state index contributed by atoms with van der Waals surface area (Å²) in [6, 6.07) is 8.68. The number of hydrogen-bond donors (Lipinski definition) is 0. The van der Waals surface area contributed by atoms with E-state index in [0.717, 1.165) is 30.9 Å². The molecule has 1 aliphatic heterocycles. The molecule has 1 aromatic rings. The summed E-state index contributed by atoms with van der Waals surface area (Å²) in [6.45, 7) is 4.71. The van der Waals surface area contributed by atoms with Crippen molar-refractivity contribution in [3.63, 3.8) is 0 Å². The molecule has 1 unspecified atom stereocenters. The van der Waals surface area contributed by atoms with Gasteiger partial charge in [-0.3, -0.25) is 4.79 Å². The smallest absolute Gasteiger partial charge is 0.150 e. The van der Waals surface area contributed by atoms with Crippen molar-refractivity contribution >= 4 is 6.29 Å². The lowest BCUT2D eigenvalue weighted by molar-refractivity contribution is 0.112. The Balaban J connectivity index is 1.85. The lowest BCUT2D eigenvalue weighted by atomic mass is 10.0. The summed E-state index contributed by atoms with van der Waals surface area (Å²) in [7, 11) is 0. The third kappa shape index (κ3) is 3.40. The summed E-state index contributed by atoms with van der Waals surface area (Å²) in [5, 5.41) is 0. The van der Waals surface area contributed by atoms with Crippen LogP contribution in [-0.2, 0) is 6.42 Å². The molecule has 0 aromatic heterocycles. The van der Waals surface area contributed by atoms with E-state index >= 15 is 0 Å². The number of benzene rings is 1. The number of aldehydes is 1. The summed E-state index contributed by atoms with van der Waals surface area (Å²) < 4.78 is 0. The second-order valence-electron chi connectivity index (χ2n) is 4.99. The van der Waals surface area contributed by atoms with Gasteiger partial charge in [0.15, 0.2) is 0 Å². The van der Waals surface area contributed by atoms with E-state index in [9.17, 15) is 4.79 Å². The molecule has 1 atom stereocenters. The predicted octanol–water partition coefficient (Wildman–Crippen LogP) is 2.92. The van der Waals surface area contributed by atoms with Crippen LogP contribution in [0.15, 0.2) is 24.3 Å². The third-order valence-corrected chi connectivity index (χ3v) is 3.74. The normalized spacial score (nSPS) is 21.4. The van der Waals surface area contributed by atoms with Crippen LogP contribution < -0.4 is 0 Å². The fourth-order valence-corrected chi connectivity index (χ4v) is 2.53. The number of carbonyl (C=O) groups excluding carboxylic acids is 1. The Morgan fingerprint density at radius 2 is 2.06 bits per heavy atom. The van der Waals surface area contributed by atoms with Gasteiger partial charge in [0, 0.05) is 18.2 Å². The molecule has 1 fully saturated rings. The first-order chi connectivity index (χ1) is 8.29. The van der Waals surface area contributed by atoms with Gasteiger partial charge >= 0.3 is 0 Å². The SMILES string of the molecule is CC1CCCCN1CCc1ccc(C=O)cc1. The maximum atomic E-state index is 10.6. The van der Waals surface area contributed by atoms with E-state index in [4.69, 9.17) is 0 Å². The van der Waals surface area contributed by atoms with Crippen LogP contribution in [0.2, 0.25) is 0 Å². The Hall–Kier alpha value is -1.15. The van der Waals surface area contributed by atoms with Crippen LogP contribution in [0, 0.1) is 0 Å². The molecule has 2 rings (SSSR count). The summed E-state index contributed by atoms with van der Waals surface area (Å²) in [6.07, 6.45) is 6.05. The summed E-state index contributed by atoms with van der Waals surface area (Å²) in [4.78, 5) is 13.1. The molecule has 0 saturated carbocycles. The molecule has 2 heteroatoms. The lowest BCUT2D eigenvalue weighted by Crippen LogP contribution is -2.38. The number of hydrogen-bond acceptors (Lipinski definition) is 2. The molecule has 1 saturated heterocycles. The van der Waals surface area contributed by atoms with Gasteiger partial charge in [0.2, 0.25) is 0 Å². The minimum atomic E-state index is 0.734. The maximum absolute atomic E-state index is 10.6. The van der Waals surface area contributed by atoms with Crippen molar-refractivity contribution in [2.45, 2.75) is 38.6 Å². The van der Waals surface area contributed by atoms with Crippen LogP contribution in [0.3, 0.4) is 0 Å². The second-order valence-corrected chi connectivity index (χ2v) is 4.99. The topological polar surface area (TPSA) is 20.3 Å².